The molecule has 5 aromatic rings. The third kappa shape index (κ3) is 5.04. The maximum Gasteiger partial charge on any atom is 0.267 e. The van der Waals surface area contributed by atoms with Crippen LogP contribution in [0.3, 0.4) is 0 Å². The highest BCUT2D eigenvalue weighted by Crippen LogP contribution is 2.31. The second kappa shape index (κ2) is 10.6. The highest BCUT2D eigenvalue weighted by Gasteiger charge is 2.22. The molecule has 0 fully saturated rings. The molecule has 0 saturated heterocycles. The molecule has 2 aromatic heterocycles. The molecule has 7 nitrogen and oxygen atoms in total. The number of rotatable bonds is 9. The van der Waals surface area contributed by atoms with Crippen molar-refractivity contribution in [2.24, 2.45) is 5.73 Å². The number of aromatic amines is 1. The van der Waals surface area contributed by atoms with Crippen molar-refractivity contribution in [1.29, 1.82) is 0 Å². The minimum absolute atomic E-state index is 0.331. The number of imidazole rings is 1. The van der Waals surface area contributed by atoms with E-state index in [4.69, 9.17) is 10.7 Å². The molecule has 8 heteroatoms. The van der Waals surface area contributed by atoms with Crippen LogP contribution >= 0.6 is 0 Å². The Bertz CT molecular complexity index is 1510. The van der Waals surface area contributed by atoms with E-state index < -0.39 is 5.91 Å². The van der Waals surface area contributed by atoms with Crippen LogP contribution in [0.25, 0.3) is 33.8 Å². The summed E-state index contributed by atoms with van der Waals surface area (Å²) >= 11 is 0. The lowest BCUT2D eigenvalue weighted by molar-refractivity contribution is 0.0992. The number of H-pyrrole nitrogens is 1. The number of aryl methyl sites for hydroxylation is 1. The van der Waals surface area contributed by atoms with Gasteiger partial charge in [0.2, 0.25) is 0 Å². The van der Waals surface area contributed by atoms with Gasteiger partial charge in [-0.3, -0.25) is 9.89 Å². The first-order valence-corrected chi connectivity index (χ1v) is 12.2. The van der Waals surface area contributed by atoms with Crippen LogP contribution in [0.2, 0.25) is 0 Å². The second-order valence-corrected chi connectivity index (χ2v) is 8.86. The fourth-order valence-corrected chi connectivity index (χ4v) is 4.50. The molecule has 2 heterocycles. The van der Waals surface area contributed by atoms with Crippen molar-refractivity contribution >= 4 is 5.91 Å². The lowest BCUT2D eigenvalue weighted by Crippen LogP contribution is -2.19. The van der Waals surface area contributed by atoms with E-state index >= 15 is 0 Å². The zero-order chi connectivity index (χ0) is 25.8. The fourth-order valence-electron chi connectivity index (χ4n) is 4.50. The molecular formula is C29H27FN6O. The Hall–Kier alpha value is -4.59. The Morgan fingerprint density at radius 2 is 1.68 bits per heavy atom. The van der Waals surface area contributed by atoms with Crippen molar-refractivity contribution in [3.63, 3.8) is 0 Å². The van der Waals surface area contributed by atoms with Crippen LogP contribution in [-0.2, 0) is 13.0 Å². The van der Waals surface area contributed by atoms with Gasteiger partial charge in [0.25, 0.3) is 5.91 Å². The molecule has 3 N–H and O–H groups in total. The van der Waals surface area contributed by atoms with Gasteiger partial charge in [0.1, 0.15) is 29.4 Å². The van der Waals surface area contributed by atoms with Crippen LogP contribution in [0.5, 0.6) is 0 Å². The van der Waals surface area contributed by atoms with E-state index in [0.29, 0.717) is 35.7 Å². The van der Waals surface area contributed by atoms with Gasteiger partial charge in [0.15, 0.2) is 5.82 Å². The number of halogens is 1. The number of carbonyl (C=O) groups is 1. The predicted molar refractivity (Wildman–Crippen MR) is 141 cm³/mol. The molecule has 0 bridgehead atoms. The minimum Gasteiger partial charge on any atom is -0.364 e. The summed E-state index contributed by atoms with van der Waals surface area (Å²) in [6.07, 6.45) is 4.12. The first-order chi connectivity index (χ1) is 18.0. The smallest absolute Gasteiger partial charge is 0.267 e. The first-order valence-electron chi connectivity index (χ1n) is 12.2. The lowest BCUT2D eigenvalue weighted by atomic mass is 9.98. The van der Waals surface area contributed by atoms with Crippen molar-refractivity contribution in [2.45, 2.75) is 32.7 Å². The Morgan fingerprint density at radius 3 is 2.32 bits per heavy atom. The van der Waals surface area contributed by atoms with Gasteiger partial charge in [-0.1, -0.05) is 61.9 Å². The van der Waals surface area contributed by atoms with Gasteiger partial charge in [0, 0.05) is 24.1 Å². The summed E-state index contributed by atoms with van der Waals surface area (Å²) in [6.45, 7) is 2.55. The number of nitrogens with two attached hydrogens (primary N) is 1. The van der Waals surface area contributed by atoms with Gasteiger partial charge < -0.3 is 10.3 Å². The number of nitrogens with zero attached hydrogens (tertiary/aromatic N) is 4. The summed E-state index contributed by atoms with van der Waals surface area (Å²) < 4.78 is 15.4. The predicted octanol–water partition coefficient (Wildman–Crippen LogP) is 5.63. The molecule has 0 atom stereocenters. The average molecular weight is 495 g/mol. The second-order valence-electron chi connectivity index (χ2n) is 8.86. The summed E-state index contributed by atoms with van der Waals surface area (Å²) in [5, 5.41) is 6.90. The van der Waals surface area contributed by atoms with Crippen molar-refractivity contribution < 1.29 is 9.18 Å². The number of primary amides is 1. The van der Waals surface area contributed by atoms with E-state index in [-0.39, 0.29) is 5.82 Å². The Kier molecular flexibility index (Phi) is 6.89. The fraction of sp³-hybridized carbons (Fsp3) is 0.172. The maximum atomic E-state index is 13.5. The molecule has 0 aliphatic heterocycles. The van der Waals surface area contributed by atoms with Crippen LogP contribution < -0.4 is 5.73 Å². The number of benzene rings is 3. The first kappa shape index (κ1) is 24.1. The molecule has 0 saturated carbocycles. The molecule has 186 valence electrons. The molecule has 0 aliphatic carbocycles. The van der Waals surface area contributed by atoms with Crippen LogP contribution in [0.1, 0.15) is 41.6 Å². The molecule has 1 amide bonds. The maximum absolute atomic E-state index is 13.5. The van der Waals surface area contributed by atoms with Crippen molar-refractivity contribution in [1.82, 2.24) is 24.7 Å². The average Bonchev–Trinajstić information content (AvgIpc) is 3.57. The van der Waals surface area contributed by atoms with Gasteiger partial charge in [-0.15, -0.1) is 0 Å². The zero-order valence-electron chi connectivity index (χ0n) is 20.5. The van der Waals surface area contributed by atoms with Gasteiger partial charge in [-0.25, -0.2) is 14.4 Å². The minimum atomic E-state index is -0.563. The Labute approximate surface area is 214 Å². The normalized spacial score (nSPS) is 11.1. The van der Waals surface area contributed by atoms with Gasteiger partial charge in [0.05, 0.1) is 0 Å². The molecular weight excluding hydrogens is 467 g/mol. The summed E-state index contributed by atoms with van der Waals surface area (Å²) in [7, 11) is 0. The van der Waals surface area contributed by atoms with Gasteiger partial charge >= 0.3 is 0 Å². The number of nitrogens with one attached hydrogen (secondary N) is 1. The van der Waals surface area contributed by atoms with Crippen LogP contribution in [0.15, 0.2) is 79.1 Å². The topological polar surface area (TPSA) is 102 Å². The number of hydrogen-bond acceptors (Lipinski definition) is 4. The third-order valence-corrected chi connectivity index (χ3v) is 6.35. The summed E-state index contributed by atoms with van der Waals surface area (Å²) in [6, 6.07) is 22.2. The molecule has 3 aromatic carbocycles. The Morgan fingerprint density at radius 1 is 0.973 bits per heavy atom. The van der Waals surface area contributed by atoms with Gasteiger partial charge in [-0.2, -0.15) is 5.10 Å². The molecule has 0 aliphatic rings. The van der Waals surface area contributed by atoms with Crippen molar-refractivity contribution in [3.8, 4) is 33.8 Å². The molecule has 37 heavy (non-hydrogen) atoms. The van der Waals surface area contributed by atoms with Crippen LogP contribution in [0.4, 0.5) is 4.39 Å². The lowest BCUT2D eigenvalue weighted by Gasteiger charge is -2.13. The monoisotopic (exact) mass is 494 g/mol. The SMILES string of the molecule is CCCCc1nc(-c2ccc(F)cc2)c(C(N)=O)n1Cc1ccc(-c2ccccc2-c2ncn[nH]2)cc1. The summed E-state index contributed by atoms with van der Waals surface area (Å²) in [5.41, 5.74) is 11.4. The number of hydrogen-bond donors (Lipinski definition) is 2. The largest absolute Gasteiger partial charge is 0.364 e. The molecule has 5 rings (SSSR count). The van der Waals surface area contributed by atoms with E-state index in [1.54, 1.807) is 12.1 Å². The van der Waals surface area contributed by atoms with E-state index in [1.807, 2.05) is 41.0 Å². The quantitative estimate of drug-likeness (QED) is 0.277. The number of carbonyl (C=O) groups excluding carboxylic acids is 1. The standard InChI is InChI=1S/C29H27FN6O/c1-2-3-8-25-34-26(21-13-15-22(30)16-14-21)27(28(31)37)36(25)17-19-9-11-20(12-10-19)23-6-4-5-7-24(23)29-32-18-33-35-29/h4-7,9-16,18H,2-3,8,17H2,1H3,(H2,31,37)(H,32,33,35). The molecule has 0 unspecified atom stereocenters. The van der Waals surface area contributed by atoms with Crippen LogP contribution in [-0.4, -0.2) is 30.6 Å². The number of aromatic nitrogens is 5. The highest BCUT2D eigenvalue weighted by atomic mass is 19.1. The Balaban J connectivity index is 1.51. The molecule has 0 radical (unpaired) electrons. The van der Waals surface area contributed by atoms with Gasteiger partial charge in [-0.05, 0) is 47.4 Å². The van der Waals surface area contributed by atoms with E-state index in [0.717, 1.165) is 40.9 Å². The van der Waals surface area contributed by atoms with Crippen molar-refractivity contribution in [3.05, 3.63) is 102 Å². The number of unbranched alkanes of at least 4 members (excludes halogenated alkanes) is 1. The van der Waals surface area contributed by atoms with E-state index in [1.165, 1.54) is 18.5 Å². The van der Waals surface area contributed by atoms with E-state index in [9.17, 15) is 9.18 Å². The highest BCUT2D eigenvalue weighted by molar-refractivity contribution is 5.97. The van der Waals surface area contributed by atoms with Crippen LogP contribution in [0, 0.1) is 5.82 Å². The van der Waals surface area contributed by atoms with E-state index in [2.05, 4.69) is 34.2 Å². The third-order valence-electron chi connectivity index (χ3n) is 6.35. The zero-order valence-corrected chi connectivity index (χ0v) is 20.5. The summed E-state index contributed by atoms with van der Waals surface area (Å²) in [5.74, 6) is 0.583. The van der Waals surface area contributed by atoms with Crippen molar-refractivity contribution in [2.75, 3.05) is 0 Å². The summed E-state index contributed by atoms with van der Waals surface area (Å²) in [4.78, 5) is 21.7. The number of amides is 1. The molecule has 0 spiro atoms.